The number of nitrogens with zero attached hydrogens (tertiary/aromatic N) is 1. The highest BCUT2D eigenvalue weighted by Crippen LogP contribution is 2.29. The topological polar surface area (TPSA) is 109 Å². The fourth-order valence-electron chi connectivity index (χ4n) is 4.05. The minimum absolute atomic E-state index is 0.0701. The first kappa shape index (κ1) is 29.6. The minimum atomic E-state index is -0.496. The third-order valence-electron chi connectivity index (χ3n) is 6.25. The number of carbonyl (C=O) groups is 3. The molecule has 8 nitrogen and oxygen atoms in total. The van der Waals surface area contributed by atoms with Crippen LogP contribution in [0.25, 0.3) is 16.3 Å². The van der Waals surface area contributed by atoms with Crippen LogP contribution in [0.5, 0.6) is 5.75 Å². The molecule has 1 atom stereocenters. The molecule has 0 fully saturated rings. The van der Waals surface area contributed by atoms with Gasteiger partial charge in [-0.2, -0.15) is 0 Å². The lowest BCUT2D eigenvalue weighted by atomic mass is 10.1. The number of thioether (sulfide) groups is 1. The van der Waals surface area contributed by atoms with Gasteiger partial charge in [-0.15, -0.1) is 11.8 Å². The molecule has 0 spiro atoms. The van der Waals surface area contributed by atoms with Crippen molar-refractivity contribution in [3.63, 3.8) is 0 Å². The summed E-state index contributed by atoms with van der Waals surface area (Å²) in [6, 6.07) is 30.7. The fraction of sp³-hybridized carbons (Fsp3) is 0.0909. The van der Waals surface area contributed by atoms with Gasteiger partial charge in [0.05, 0.1) is 22.6 Å². The summed E-state index contributed by atoms with van der Waals surface area (Å²) in [7, 11) is 1.58. The Morgan fingerprint density at radius 3 is 2.37 bits per heavy atom. The van der Waals surface area contributed by atoms with Crippen molar-refractivity contribution in [2.45, 2.75) is 17.1 Å². The number of hydrogen-bond acceptors (Lipinski definition) is 7. The first-order chi connectivity index (χ1) is 20.9. The lowest BCUT2D eigenvalue weighted by Gasteiger charge is -2.14. The fourth-order valence-corrected chi connectivity index (χ4v) is 5.84. The number of nitrogens with one attached hydrogen (secondary N) is 3. The van der Waals surface area contributed by atoms with Gasteiger partial charge in [-0.1, -0.05) is 59.9 Å². The molecule has 5 rings (SSSR count). The highest BCUT2D eigenvalue weighted by Gasteiger charge is 2.18. The van der Waals surface area contributed by atoms with Crippen LogP contribution in [0.15, 0.2) is 114 Å². The monoisotopic (exact) mass is 608 g/mol. The second kappa shape index (κ2) is 13.8. The zero-order valence-corrected chi connectivity index (χ0v) is 25.0. The maximum Gasteiger partial charge on any atom is 0.272 e. The highest BCUT2D eigenvalue weighted by atomic mass is 32.2. The molecule has 43 heavy (non-hydrogen) atoms. The second-order valence-corrected chi connectivity index (χ2v) is 11.8. The van der Waals surface area contributed by atoms with Crippen molar-refractivity contribution in [3.8, 4) is 5.75 Å². The van der Waals surface area contributed by atoms with Gasteiger partial charge in [0.2, 0.25) is 5.91 Å². The molecular weight excluding hydrogens is 581 g/mol. The Labute approximate surface area is 257 Å². The summed E-state index contributed by atoms with van der Waals surface area (Å²) in [6.45, 7) is 1.81. The lowest BCUT2D eigenvalue weighted by molar-refractivity contribution is -0.115. The average molecular weight is 609 g/mol. The number of hydrogen-bond donors (Lipinski definition) is 3. The van der Waals surface area contributed by atoms with Gasteiger partial charge in [0.15, 0.2) is 5.13 Å². The van der Waals surface area contributed by atoms with Crippen molar-refractivity contribution in [2.24, 2.45) is 0 Å². The van der Waals surface area contributed by atoms with Crippen LogP contribution in [-0.2, 0) is 9.59 Å². The molecule has 3 amide bonds. The zero-order chi connectivity index (χ0) is 30.2. The van der Waals surface area contributed by atoms with Crippen LogP contribution in [0.2, 0.25) is 0 Å². The molecule has 0 radical (unpaired) electrons. The van der Waals surface area contributed by atoms with Gasteiger partial charge >= 0.3 is 0 Å². The molecule has 1 aromatic heterocycles. The maximum absolute atomic E-state index is 13.4. The molecule has 0 aliphatic heterocycles. The summed E-state index contributed by atoms with van der Waals surface area (Å²) in [6.07, 6.45) is 1.60. The van der Waals surface area contributed by atoms with Crippen molar-refractivity contribution < 1.29 is 19.1 Å². The first-order valence-electron chi connectivity index (χ1n) is 13.3. The molecule has 216 valence electrons. The average Bonchev–Trinajstić information content (AvgIpc) is 3.44. The van der Waals surface area contributed by atoms with Crippen LogP contribution in [0, 0.1) is 0 Å². The van der Waals surface area contributed by atoms with Gasteiger partial charge in [-0.3, -0.25) is 14.4 Å². The number of fused-ring (bicyclic) bond motifs is 1. The Kier molecular flexibility index (Phi) is 9.50. The van der Waals surface area contributed by atoms with E-state index in [9.17, 15) is 14.4 Å². The van der Waals surface area contributed by atoms with Gasteiger partial charge in [-0.05, 0) is 73.2 Å². The van der Waals surface area contributed by atoms with Crippen molar-refractivity contribution in [2.75, 3.05) is 17.7 Å². The van der Waals surface area contributed by atoms with E-state index in [2.05, 4.69) is 20.9 Å². The van der Waals surface area contributed by atoms with E-state index < -0.39 is 17.1 Å². The molecule has 0 aliphatic rings. The normalized spacial score (nSPS) is 11.9. The maximum atomic E-state index is 13.4. The van der Waals surface area contributed by atoms with Crippen LogP contribution in [-0.4, -0.2) is 35.1 Å². The second-order valence-electron chi connectivity index (χ2n) is 9.37. The molecule has 3 N–H and O–H groups in total. The van der Waals surface area contributed by atoms with E-state index in [-0.39, 0.29) is 11.6 Å². The summed E-state index contributed by atoms with van der Waals surface area (Å²) in [5.41, 5.74) is 2.56. The third kappa shape index (κ3) is 7.88. The standard InChI is InChI=1S/C33H28N4O4S2/c1-21(30(38)37-33-36-27-13-6-7-14-29(27)43-33)42-26-12-8-11-24(20-26)34-32(40)28(19-22-15-17-25(41-2)18-16-22)35-31(39)23-9-4-3-5-10-23/h3-21H,1-2H3,(H,34,40)(H,35,39)(H,36,37,38)/b28-19+. The molecule has 10 heteroatoms. The first-order valence-corrected chi connectivity index (χ1v) is 15.0. The van der Waals surface area contributed by atoms with Gasteiger partial charge in [0.1, 0.15) is 11.4 Å². The number of thiazole rings is 1. The van der Waals surface area contributed by atoms with Crippen molar-refractivity contribution in [1.29, 1.82) is 0 Å². The zero-order valence-electron chi connectivity index (χ0n) is 23.4. The number of benzene rings is 4. The molecule has 0 bridgehead atoms. The summed E-state index contributed by atoms with van der Waals surface area (Å²) in [5.74, 6) is -0.405. The van der Waals surface area contributed by atoms with Gasteiger partial charge in [0, 0.05) is 16.1 Å². The molecule has 5 aromatic rings. The molecule has 0 saturated carbocycles. The molecule has 4 aromatic carbocycles. The summed E-state index contributed by atoms with van der Waals surface area (Å²) in [4.78, 5) is 44.5. The highest BCUT2D eigenvalue weighted by molar-refractivity contribution is 8.00. The smallest absolute Gasteiger partial charge is 0.272 e. The quantitative estimate of drug-likeness (QED) is 0.118. The molecular formula is C33H28N4O4S2. The van der Waals surface area contributed by atoms with E-state index in [0.29, 0.717) is 27.7 Å². The SMILES string of the molecule is COc1ccc(/C=C(/NC(=O)c2ccccc2)C(=O)Nc2cccc(SC(C)C(=O)Nc3nc4ccccc4s3)c2)cc1. The van der Waals surface area contributed by atoms with E-state index in [1.54, 1.807) is 79.9 Å². The largest absolute Gasteiger partial charge is 0.497 e. The predicted molar refractivity (Wildman–Crippen MR) is 174 cm³/mol. The van der Waals surface area contributed by atoms with Gasteiger partial charge in [0.25, 0.3) is 11.8 Å². The predicted octanol–water partition coefficient (Wildman–Crippen LogP) is 6.83. The van der Waals surface area contributed by atoms with Crippen LogP contribution in [0.3, 0.4) is 0 Å². The molecule has 0 aliphatic carbocycles. The van der Waals surface area contributed by atoms with E-state index >= 15 is 0 Å². The number of rotatable bonds is 10. The van der Waals surface area contributed by atoms with E-state index in [1.807, 2.05) is 43.3 Å². The molecule has 0 saturated heterocycles. The number of methoxy groups -OCH3 is 1. The van der Waals surface area contributed by atoms with Crippen molar-refractivity contribution in [1.82, 2.24) is 10.3 Å². The summed E-state index contributed by atoms with van der Waals surface area (Å²) >= 11 is 2.78. The number of para-hydroxylation sites is 1. The summed E-state index contributed by atoms with van der Waals surface area (Å²) in [5, 5.41) is 8.64. The minimum Gasteiger partial charge on any atom is -0.497 e. The van der Waals surface area contributed by atoms with E-state index in [1.165, 1.54) is 23.1 Å². The van der Waals surface area contributed by atoms with Crippen LogP contribution < -0.4 is 20.7 Å². The van der Waals surface area contributed by atoms with Gasteiger partial charge < -0.3 is 20.7 Å². The number of ether oxygens (including phenoxy) is 1. The van der Waals surface area contributed by atoms with Crippen molar-refractivity contribution in [3.05, 3.63) is 120 Å². The number of aromatic nitrogens is 1. The third-order valence-corrected chi connectivity index (χ3v) is 8.30. The van der Waals surface area contributed by atoms with E-state index in [0.717, 1.165) is 15.1 Å². The Bertz CT molecular complexity index is 1750. The lowest BCUT2D eigenvalue weighted by Crippen LogP contribution is -2.30. The number of anilines is 2. The number of carbonyl (C=O) groups excluding carboxylic acids is 3. The molecule has 1 heterocycles. The Morgan fingerprint density at radius 1 is 0.884 bits per heavy atom. The Balaban J connectivity index is 1.28. The Hall–Kier alpha value is -4.93. The molecule has 1 unspecified atom stereocenters. The summed E-state index contributed by atoms with van der Waals surface area (Å²) < 4.78 is 6.22. The van der Waals surface area contributed by atoms with Crippen LogP contribution >= 0.6 is 23.1 Å². The van der Waals surface area contributed by atoms with Crippen molar-refractivity contribution >= 4 is 67.9 Å². The number of amides is 3. The van der Waals surface area contributed by atoms with Crippen LogP contribution in [0.4, 0.5) is 10.8 Å². The Morgan fingerprint density at radius 2 is 1.63 bits per heavy atom. The van der Waals surface area contributed by atoms with E-state index in [4.69, 9.17) is 4.74 Å². The van der Waals surface area contributed by atoms with Gasteiger partial charge in [-0.25, -0.2) is 4.98 Å². The van der Waals surface area contributed by atoms with Crippen LogP contribution in [0.1, 0.15) is 22.8 Å².